The Hall–Kier alpha value is -4.91. The van der Waals surface area contributed by atoms with E-state index in [0.717, 1.165) is 21.4 Å². The molecule has 5 rings (SSSR count). The van der Waals surface area contributed by atoms with E-state index in [9.17, 15) is 23.2 Å². The van der Waals surface area contributed by atoms with Crippen molar-refractivity contribution in [2.24, 2.45) is 0 Å². The van der Waals surface area contributed by atoms with Gasteiger partial charge in [-0.25, -0.2) is 4.39 Å². The summed E-state index contributed by atoms with van der Waals surface area (Å²) in [6.07, 6.45) is 2.02. The highest BCUT2D eigenvalue weighted by molar-refractivity contribution is 5.98. The second-order valence-corrected chi connectivity index (χ2v) is 10.0. The van der Waals surface area contributed by atoms with Gasteiger partial charge >= 0.3 is 6.61 Å². The molecule has 13 heteroatoms. The number of benzene rings is 2. The molecule has 0 saturated carbocycles. The van der Waals surface area contributed by atoms with Crippen LogP contribution in [0.5, 0.6) is 11.5 Å². The Morgan fingerprint density at radius 1 is 1.12 bits per heavy atom. The molecule has 1 fully saturated rings. The number of fused-ring (bicyclic) bond motifs is 1. The van der Waals surface area contributed by atoms with E-state index in [4.69, 9.17) is 4.74 Å². The molecule has 0 aliphatic carbocycles. The molecule has 3 N–H and O–H groups in total. The molecule has 1 saturated heterocycles. The molecule has 3 amide bonds. The second kappa shape index (κ2) is 12.9. The van der Waals surface area contributed by atoms with E-state index in [-0.39, 0.29) is 30.8 Å². The summed E-state index contributed by atoms with van der Waals surface area (Å²) in [5.74, 6) is -2.93. The van der Waals surface area contributed by atoms with Gasteiger partial charge in [-0.05, 0) is 43.3 Å². The van der Waals surface area contributed by atoms with Crippen molar-refractivity contribution >= 4 is 28.6 Å². The van der Waals surface area contributed by atoms with Gasteiger partial charge in [0.15, 0.2) is 11.6 Å². The molecule has 1 aliphatic heterocycles. The van der Waals surface area contributed by atoms with Crippen molar-refractivity contribution in [1.82, 2.24) is 25.5 Å². The third-order valence-electron chi connectivity index (χ3n) is 6.97. The molecule has 3 heterocycles. The largest absolute Gasteiger partial charge is 0.454 e. The van der Waals surface area contributed by atoms with Crippen LogP contribution in [0, 0.1) is 12.7 Å². The summed E-state index contributed by atoms with van der Waals surface area (Å²) in [4.78, 5) is 47.2. The Bertz CT molecular complexity index is 1600. The molecule has 0 bridgehead atoms. The maximum Gasteiger partial charge on any atom is 0.345 e. The van der Waals surface area contributed by atoms with Gasteiger partial charge in [-0.3, -0.25) is 19.4 Å². The van der Waals surface area contributed by atoms with Crippen molar-refractivity contribution in [2.45, 2.75) is 38.6 Å². The lowest BCUT2D eigenvalue weighted by Gasteiger charge is -2.24. The smallest absolute Gasteiger partial charge is 0.345 e. The number of H-pyrrole nitrogens is 1. The number of ether oxygens (including phenoxy) is 2. The number of carbonyl (C=O) groups is 3. The molecule has 0 radical (unpaired) electrons. The number of hydrogen-bond donors (Lipinski definition) is 3. The first-order valence-corrected chi connectivity index (χ1v) is 13.4. The van der Waals surface area contributed by atoms with Crippen LogP contribution >= 0.6 is 0 Å². The zero-order valence-electron chi connectivity index (χ0n) is 23.0. The average Bonchev–Trinajstić information content (AvgIpc) is 3.60. The fraction of sp³-hybridized carbons (Fsp3) is 0.267. The number of alkyl halides is 2. The topological polar surface area (TPSA) is 126 Å². The minimum absolute atomic E-state index is 0.0867. The fourth-order valence-electron chi connectivity index (χ4n) is 4.84. The van der Waals surface area contributed by atoms with E-state index in [1.165, 1.54) is 18.2 Å². The standard InChI is InChI=1S/C30H28F3N5O5/c1-17-5-7-20(8-6-17)42-25-4-2-3-22(27(25)31)28(40)36-15-26(39)38-16-21(43-30(32)33)12-24(38)29(41)35-14-19-11-18-13-34-10-9-23(18)37-19/h2-11,13,21,24,30,37H,12,14-16H2,1H3,(H,35,41)(H,36,40)/t21-,24+/m1/s1. The molecule has 1 aliphatic rings. The fourth-order valence-corrected chi connectivity index (χ4v) is 4.84. The molecule has 2 atom stereocenters. The predicted octanol–water partition coefficient (Wildman–Crippen LogP) is 4.06. The van der Waals surface area contributed by atoms with Gasteiger partial charge in [0.25, 0.3) is 5.91 Å². The first-order chi connectivity index (χ1) is 20.7. The number of pyridine rings is 1. The molecule has 2 aromatic heterocycles. The Morgan fingerprint density at radius 2 is 1.91 bits per heavy atom. The van der Waals surface area contributed by atoms with Crippen molar-refractivity contribution in [2.75, 3.05) is 13.1 Å². The van der Waals surface area contributed by atoms with E-state index < -0.39 is 48.8 Å². The summed E-state index contributed by atoms with van der Waals surface area (Å²) in [5.41, 5.74) is 2.13. The molecule has 4 aromatic rings. The SMILES string of the molecule is Cc1ccc(Oc2cccc(C(=O)NCC(=O)N3C[C@H](OC(F)F)C[C@H]3C(=O)NCc3cc4cnccc4[nH]3)c2F)cc1. The second-order valence-electron chi connectivity index (χ2n) is 10.0. The first kappa shape index (κ1) is 29.6. The summed E-state index contributed by atoms with van der Waals surface area (Å²) in [7, 11) is 0. The summed E-state index contributed by atoms with van der Waals surface area (Å²) in [6, 6.07) is 13.4. The van der Waals surface area contributed by atoms with Gasteiger partial charge in [-0.1, -0.05) is 23.8 Å². The van der Waals surface area contributed by atoms with Gasteiger partial charge < -0.3 is 30.0 Å². The monoisotopic (exact) mass is 595 g/mol. The van der Waals surface area contributed by atoms with E-state index in [1.54, 1.807) is 48.8 Å². The van der Waals surface area contributed by atoms with Gasteiger partial charge in [0, 0.05) is 42.0 Å². The van der Waals surface area contributed by atoms with Gasteiger partial charge in [-0.2, -0.15) is 8.78 Å². The molecular weight excluding hydrogens is 567 g/mol. The Morgan fingerprint density at radius 3 is 2.65 bits per heavy atom. The van der Waals surface area contributed by atoms with Gasteiger partial charge in [0.2, 0.25) is 11.8 Å². The minimum Gasteiger partial charge on any atom is -0.454 e. The van der Waals surface area contributed by atoms with Crippen LogP contribution in [-0.2, 0) is 20.9 Å². The van der Waals surface area contributed by atoms with Gasteiger partial charge in [0.05, 0.1) is 24.8 Å². The number of hydrogen-bond acceptors (Lipinski definition) is 6. The van der Waals surface area contributed by atoms with Gasteiger partial charge in [0.1, 0.15) is 11.8 Å². The number of amides is 3. The van der Waals surface area contributed by atoms with Crippen molar-refractivity contribution in [3.05, 3.63) is 89.6 Å². The minimum atomic E-state index is -3.10. The van der Waals surface area contributed by atoms with Crippen LogP contribution in [0.25, 0.3) is 10.9 Å². The lowest BCUT2D eigenvalue weighted by atomic mass is 10.1. The number of nitrogens with one attached hydrogen (secondary N) is 3. The van der Waals surface area contributed by atoms with Crippen LogP contribution in [0.4, 0.5) is 13.2 Å². The van der Waals surface area contributed by atoms with E-state index in [1.807, 2.05) is 6.92 Å². The Kier molecular flexibility index (Phi) is 8.90. The summed E-state index contributed by atoms with van der Waals surface area (Å²) < 4.78 is 51.1. The maximum atomic E-state index is 15.1. The van der Waals surface area contributed by atoms with E-state index in [0.29, 0.717) is 11.4 Å². The van der Waals surface area contributed by atoms with Crippen LogP contribution in [0.2, 0.25) is 0 Å². The number of likely N-dealkylation sites (tertiary alicyclic amines) is 1. The molecule has 0 unspecified atom stereocenters. The van der Waals surface area contributed by atoms with Crippen molar-refractivity contribution < 1.29 is 37.0 Å². The average molecular weight is 596 g/mol. The summed E-state index contributed by atoms with van der Waals surface area (Å²) in [5, 5.41) is 5.90. The highest BCUT2D eigenvalue weighted by Crippen LogP contribution is 2.27. The third-order valence-corrected chi connectivity index (χ3v) is 6.97. The molecule has 0 spiro atoms. The van der Waals surface area contributed by atoms with Crippen molar-refractivity contribution in [3.63, 3.8) is 0 Å². The number of aromatic nitrogens is 2. The lowest BCUT2D eigenvalue weighted by molar-refractivity contribution is -0.160. The normalized spacial score (nSPS) is 16.4. The van der Waals surface area contributed by atoms with E-state index >= 15 is 4.39 Å². The first-order valence-electron chi connectivity index (χ1n) is 13.4. The summed E-state index contributed by atoms with van der Waals surface area (Å²) >= 11 is 0. The van der Waals surface area contributed by atoms with Crippen LogP contribution in [-0.4, -0.2) is 64.4 Å². The maximum absolute atomic E-state index is 15.1. The number of halogens is 3. The highest BCUT2D eigenvalue weighted by Gasteiger charge is 2.41. The van der Waals surface area contributed by atoms with Crippen LogP contribution in [0.15, 0.2) is 67.0 Å². The predicted molar refractivity (Wildman–Crippen MR) is 149 cm³/mol. The number of aromatic amines is 1. The summed E-state index contributed by atoms with van der Waals surface area (Å²) in [6.45, 7) is -2.02. The highest BCUT2D eigenvalue weighted by atomic mass is 19.3. The molecule has 2 aromatic carbocycles. The molecule has 43 heavy (non-hydrogen) atoms. The van der Waals surface area contributed by atoms with Crippen LogP contribution in [0.3, 0.4) is 0 Å². The Balaban J connectivity index is 1.22. The third kappa shape index (κ3) is 7.12. The number of carbonyl (C=O) groups excluding carboxylic acids is 3. The van der Waals surface area contributed by atoms with Crippen molar-refractivity contribution in [1.29, 1.82) is 0 Å². The molecule has 224 valence electrons. The van der Waals surface area contributed by atoms with Crippen LogP contribution in [0.1, 0.15) is 28.0 Å². The zero-order valence-corrected chi connectivity index (χ0v) is 23.0. The molecular formula is C30H28F3N5O5. The lowest BCUT2D eigenvalue weighted by Crippen LogP contribution is -2.49. The molecule has 10 nitrogen and oxygen atoms in total. The Labute approximate surface area is 244 Å². The van der Waals surface area contributed by atoms with Crippen LogP contribution < -0.4 is 15.4 Å². The number of aryl methyl sites for hydroxylation is 1. The van der Waals surface area contributed by atoms with Gasteiger partial charge in [-0.15, -0.1) is 0 Å². The number of nitrogens with zero attached hydrogens (tertiary/aromatic N) is 2. The zero-order chi connectivity index (χ0) is 30.5. The van der Waals surface area contributed by atoms with Crippen molar-refractivity contribution in [3.8, 4) is 11.5 Å². The number of rotatable bonds is 10. The van der Waals surface area contributed by atoms with E-state index in [2.05, 4.69) is 25.3 Å². The quantitative estimate of drug-likeness (QED) is 0.254.